The molecule has 0 radical (unpaired) electrons. The summed E-state index contributed by atoms with van der Waals surface area (Å²) in [5.74, 6) is -0.121. The number of hydrogen-bond donors (Lipinski definition) is 1. The number of thiazole rings is 1. The summed E-state index contributed by atoms with van der Waals surface area (Å²) in [6.45, 7) is 3.09. The second-order valence-electron chi connectivity index (χ2n) is 5.66. The Bertz CT molecular complexity index is 757. The number of nitro groups is 1. The smallest absolute Gasteiger partial charge is 0.273 e. The van der Waals surface area contributed by atoms with Crippen LogP contribution in [0.25, 0.3) is 0 Å². The zero-order valence-electron chi connectivity index (χ0n) is 13.3. The molecule has 1 fully saturated rings. The van der Waals surface area contributed by atoms with E-state index in [2.05, 4.69) is 10.3 Å². The molecule has 1 aromatic carbocycles. The van der Waals surface area contributed by atoms with Crippen molar-refractivity contribution in [1.82, 2.24) is 9.88 Å². The lowest BCUT2D eigenvalue weighted by molar-refractivity contribution is -0.384. The molecule has 8 heteroatoms. The number of rotatable bonds is 7. The van der Waals surface area contributed by atoms with Crippen LogP contribution in [0.2, 0.25) is 0 Å². The van der Waals surface area contributed by atoms with Crippen molar-refractivity contribution in [2.75, 3.05) is 11.9 Å². The first-order valence-electron chi connectivity index (χ1n) is 7.82. The minimum Gasteiger partial charge on any atom is -0.362 e. The lowest BCUT2D eigenvalue weighted by Gasteiger charge is -2.21. The summed E-state index contributed by atoms with van der Waals surface area (Å²) < 4.78 is 0. The Hall–Kier alpha value is -2.48. The average Bonchev–Trinajstić information content (AvgIpc) is 3.31. The lowest BCUT2D eigenvalue weighted by atomic mass is 10.2. The van der Waals surface area contributed by atoms with Gasteiger partial charge in [-0.2, -0.15) is 0 Å². The van der Waals surface area contributed by atoms with E-state index in [1.165, 1.54) is 23.5 Å². The highest BCUT2D eigenvalue weighted by Gasteiger charge is 2.34. The fourth-order valence-corrected chi connectivity index (χ4v) is 3.23. The molecule has 0 aliphatic heterocycles. The van der Waals surface area contributed by atoms with E-state index in [4.69, 9.17) is 0 Å². The first-order chi connectivity index (χ1) is 11.6. The topological polar surface area (TPSA) is 88.4 Å². The Kier molecular flexibility index (Phi) is 4.75. The number of nitro benzene ring substituents is 1. The van der Waals surface area contributed by atoms with E-state index in [-0.39, 0.29) is 17.6 Å². The van der Waals surface area contributed by atoms with Crippen LogP contribution in [0, 0.1) is 10.1 Å². The monoisotopic (exact) mass is 346 g/mol. The predicted molar refractivity (Wildman–Crippen MR) is 92.3 cm³/mol. The van der Waals surface area contributed by atoms with Crippen LogP contribution < -0.4 is 5.32 Å². The summed E-state index contributed by atoms with van der Waals surface area (Å²) in [5.41, 5.74) is 1.22. The molecule has 7 nitrogen and oxygen atoms in total. The molecule has 1 saturated carbocycles. The zero-order chi connectivity index (χ0) is 17.1. The number of amides is 1. The van der Waals surface area contributed by atoms with Crippen molar-refractivity contribution in [2.45, 2.75) is 32.4 Å². The van der Waals surface area contributed by atoms with E-state index < -0.39 is 4.92 Å². The van der Waals surface area contributed by atoms with Crippen LogP contribution in [-0.2, 0) is 6.54 Å². The minimum atomic E-state index is -0.421. The molecule has 1 heterocycles. The van der Waals surface area contributed by atoms with Gasteiger partial charge in [0.1, 0.15) is 5.69 Å². The maximum atomic E-state index is 12.8. The van der Waals surface area contributed by atoms with Gasteiger partial charge < -0.3 is 10.2 Å². The summed E-state index contributed by atoms with van der Waals surface area (Å²) >= 11 is 1.41. The number of anilines is 1. The first-order valence-corrected chi connectivity index (χ1v) is 8.70. The van der Waals surface area contributed by atoms with Gasteiger partial charge in [-0.1, -0.05) is 12.1 Å². The Labute approximate surface area is 143 Å². The molecule has 2 aromatic rings. The second-order valence-corrected chi connectivity index (χ2v) is 6.52. The van der Waals surface area contributed by atoms with E-state index in [1.807, 2.05) is 6.92 Å². The minimum absolute atomic E-state index is 0.0405. The van der Waals surface area contributed by atoms with Gasteiger partial charge in [0, 0.05) is 36.6 Å². The van der Waals surface area contributed by atoms with Crippen molar-refractivity contribution in [1.29, 1.82) is 0 Å². The molecule has 0 bridgehead atoms. The number of nitrogens with one attached hydrogen (secondary N) is 1. The number of carbonyl (C=O) groups is 1. The molecule has 24 heavy (non-hydrogen) atoms. The van der Waals surface area contributed by atoms with E-state index in [0.717, 1.165) is 30.1 Å². The maximum absolute atomic E-state index is 12.8. The quantitative estimate of drug-likeness (QED) is 0.614. The van der Waals surface area contributed by atoms with Gasteiger partial charge in [0.15, 0.2) is 5.13 Å². The number of hydrogen-bond acceptors (Lipinski definition) is 6. The van der Waals surface area contributed by atoms with Crippen LogP contribution in [0.15, 0.2) is 29.6 Å². The fraction of sp³-hybridized carbons (Fsp3) is 0.375. The zero-order valence-corrected chi connectivity index (χ0v) is 14.1. The second kappa shape index (κ2) is 6.96. The van der Waals surface area contributed by atoms with Crippen molar-refractivity contribution < 1.29 is 9.72 Å². The molecule has 0 unspecified atom stereocenters. The van der Waals surface area contributed by atoms with Crippen LogP contribution in [0.5, 0.6) is 0 Å². The van der Waals surface area contributed by atoms with Gasteiger partial charge in [-0.25, -0.2) is 4.98 Å². The molecular formula is C16H18N4O3S. The van der Waals surface area contributed by atoms with Crippen molar-refractivity contribution in [3.8, 4) is 0 Å². The third-order valence-corrected chi connectivity index (χ3v) is 4.57. The van der Waals surface area contributed by atoms with Gasteiger partial charge in [-0.05, 0) is 25.3 Å². The maximum Gasteiger partial charge on any atom is 0.273 e. The molecule has 126 valence electrons. The number of non-ortho nitro benzene ring substituents is 1. The summed E-state index contributed by atoms with van der Waals surface area (Å²) in [6.07, 6.45) is 1.93. The fourth-order valence-electron chi connectivity index (χ4n) is 2.47. The van der Waals surface area contributed by atoms with Crippen LogP contribution in [0.4, 0.5) is 10.8 Å². The number of nitrogens with zero attached hydrogens (tertiary/aromatic N) is 3. The Morgan fingerprint density at radius 2 is 2.29 bits per heavy atom. The predicted octanol–water partition coefficient (Wildman–Crippen LogP) is 3.29. The van der Waals surface area contributed by atoms with Crippen LogP contribution >= 0.6 is 11.3 Å². The van der Waals surface area contributed by atoms with Crippen molar-refractivity contribution in [3.05, 3.63) is 51.0 Å². The first kappa shape index (κ1) is 16.4. The normalized spacial score (nSPS) is 13.5. The third-order valence-electron chi connectivity index (χ3n) is 3.77. The van der Waals surface area contributed by atoms with Gasteiger partial charge in [0.05, 0.1) is 4.92 Å². The summed E-state index contributed by atoms with van der Waals surface area (Å²) in [6, 6.07) is 6.63. The average molecular weight is 346 g/mol. The molecular weight excluding hydrogens is 328 g/mol. The van der Waals surface area contributed by atoms with E-state index >= 15 is 0 Å². The van der Waals surface area contributed by atoms with Gasteiger partial charge in [-0.15, -0.1) is 11.3 Å². The largest absolute Gasteiger partial charge is 0.362 e. The third kappa shape index (κ3) is 3.70. The molecule has 0 saturated heterocycles. The lowest BCUT2D eigenvalue weighted by Crippen LogP contribution is -2.32. The Balaban J connectivity index is 1.78. The molecule has 1 aliphatic carbocycles. The summed E-state index contributed by atoms with van der Waals surface area (Å²) in [4.78, 5) is 29.4. The molecule has 0 spiro atoms. The highest BCUT2D eigenvalue weighted by molar-refractivity contribution is 7.13. The van der Waals surface area contributed by atoms with Crippen molar-refractivity contribution >= 4 is 28.1 Å². The van der Waals surface area contributed by atoms with Gasteiger partial charge in [0.25, 0.3) is 11.6 Å². The van der Waals surface area contributed by atoms with Gasteiger partial charge >= 0.3 is 0 Å². The number of benzene rings is 1. The van der Waals surface area contributed by atoms with Crippen molar-refractivity contribution in [3.63, 3.8) is 0 Å². The van der Waals surface area contributed by atoms with Crippen LogP contribution in [0.1, 0.15) is 35.8 Å². The molecule has 3 rings (SSSR count). The van der Waals surface area contributed by atoms with Gasteiger partial charge in [0.2, 0.25) is 0 Å². The van der Waals surface area contributed by atoms with E-state index in [0.29, 0.717) is 12.2 Å². The molecule has 0 atom stereocenters. The van der Waals surface area contributed by atoms with E-state index in [9.17, 15) is 14.9 Å². The standard InChI is InChI=1S/C16H18N4O3S/c1-2-17-16-18-14(10-24-16)15(21)19(12-6-7-12)9-11-4-3-5-13(8-11)20(22)23/h3-5,8,10,12H,2,6-7,9H2,1H3,(H,17,18). The Morgan fingerprint density at radius 3 is 2.96 bits per heavy atom. The highest BCUT2D eigenvalue weighted by atomic mass is 32.1. The molecule has 1 amide bonds. The summed E-state index contributed by atoms with van der Waals surface area (Å²) in [5, 5.41) is 16.5. The Morgan fingerprint density at radius 1 is 1.50 bits per heavy atom. The summed E-state index contributed by atoms with van der Waals surface area (Å²) in [7, 11) is 0. The number of carbonyl (C=O) groups excluding carboxylic acids is 1. The van der Waals surface area contributed by atoms with Crippen LogP contribution in [-0.4, -0.2) is 33.3 Å². The molecule has 1 aromatic heterocycles. The van der Waals surface area contributed by atoms with E-state index in [1.54, 1.807) is 22.4 Å². The molecule has 1 aliphatic rings. The highest BCUT2D eigenvalue weighted by Crippen LogP contribution is 2.31. The molecule has 1 N–H and O–H groups in total. The number of aromatic nitrogens is 1. The SMILES string of the molecule is CCNc1nc(C(=O)N(Cc2cccc([N+](=O)[O-])c2)C2CC2)cs1. The van der Waals surface area contributed by atoms with Crippen molar-refractivity contribution in [2.24, 2.45) is 0 Å². The van der Waals surface area contributed by atoms with Crippen LogP contribution in [0.3, 0.4) is 0 Å². The van der Waals surface area contributed by atoms with Gasteiger partial charge in [-0.3, -0.25) is 14.9 Å².